The number of aromatic nitrogens is 5. The number of aromatic amines is 1. The van der Waals surface area contributed by atoms with Crippen LogP contribution in [0, 0.1) is 13.8 Å². The summed E-state index contributed by atoms with van der Waals surface area (Å²) in [6, 6.07) is 0. The molecule has 0 unspecified atom stereocenters. The lowest BCUT2D eigenvalue weighted by Crippen LogP contribution is -2.26. The summed E-state index contributed by atoms with van der Waals surface area (Å²) in [6.45, 7) is 4.62. The molecule has 0 atom stereocenters. The van der Waals surface area contributed by atoms with Gasteiger partial charge in [0.15, 0.2) is 5.16 Å². The molecule has 0 aliphatic carbocycles. The second-order valence-corrected chi connectivity index (χ2v) is 5.91. The third-order valence-electron chi connectivity index (χ3n) is 3.27. The average molecular weight is 308 g/mol. The molecule has 0 saturated carbocycles. The number of amides is 1. The predicted octanol–water partition coefficient (Wildman–Crippen LogP) is 0.996. The van der Waals surface area contributed by atoms with Gasteiger partial charge in [0.05, 0.1) is 5.69 Å². The fourth-order valence-electron chi connectivity index (χ4n) is 1.84. The lowest BCUT2D eigenvalue weighted by Gasteiger charge is -2.04. The number of rotatable bonds is 7. The molecule has 2 N–H and O–H groups in total. The minimum Gasteiger partial charge on any atom is -0.355 e. The van der Waals surface area contributed by atoms with E-state index in [1.807, 2.05) is 25.5 Å². The first-order valence-corrected chi connectivity index (χ1v) is 7.80. The van der Waals surface area contributed by atoms with Crippen LogP contribution in [0.5, 0.6) is 0 Å². The van der Waals surface area contributed by atoms with Crippen LogP contribution in [0.1, 0.15) is 23.4 Å². The van der Waals surface area contributed by atoms with Gasteiger partial charge in [-0.3, -0.25) is 9.89 Å². The quantitative estimate of drug-likeness (QED) is 0.588. The Morgan fingerprint density at radius 3 is 2.90 bits per heavy atom. The predicted molar refractivity (Wildman–Crippen MR) is 81.1 cm³/mol. The minimum atomic E-state index is 0.0496. The molecule has 0 aliphatic rings. The zero-order chi connectivity index (χ0) is 15.2. The maximum absolute atomic E-state index is 11.8. The molecule has 7 nitrogen and oxygen atoms in total. The van der Waals surface area contributed by atoms with Crippen molar-refractivity contribution in [2.24, 2.45) is 7.05 Å². The highest BCUT2D eigenvalue weighted by atomic mass is 32.2. The Kier molecular flexibility index (Phi) is 5.38. The minimum absolute atomic E-state index is 0.0496. The van der Waals surface area contributed by atoms with Gasteiger partial charge < -0.3 is 9.88 Å². The van der Waals surface area contributed by atoms with E-state index in [-0.39, 0.29) is 5.91 Å². The van der Waals surface area contributed by atoms with E-state index in [0.29, 0.717) is 19.4 Å². The van der Waals surface area contributed by atoms with Crippen molar-refractivity contribution in [3.05, 3.63) is 23.3 Å². The molecule has 2 rings (SSSR count). The maximum Gasteiger partial charge on any atom is 0.220 e. The number of hydrogen-bond acceptors (Lipinski definition) is 5. The number of H-pyrrole nitrogens is 1. The van der Waals surface area contributed by atoms with Crippen molar-refractivity contribution < 1.29 is 4.79 Å². The molecule has 0 radical (unpaired) electrons. The van der Waals surface area contributed by atoms with Gasteiger partial charge in [0.25, 0.3) is 0 Å². The maximum atomic E-state index is 11.8. The number of aryl methyl sites for hydroxylation is 3. The largest absolute Gasteiger partial charge is 0.355 e. The van der Waals surface area contributed by atoms with Gasteiger partial charge in [0, 0.05) is 37.9 Å². The van der Waals surface area contributed by atoms with Crippen molar-refractivity contribution in [2.45, 2.75) is 31.8 Å². The Morgan fingerprint density at radius 2 is 2.29 bits per heavy atom. The van der Waals surface area contributed by atoms with Crippen molar-refractivity contribution in [1.29, 1.82) is 0 Å². The summed E-state index contributed by atoms with van der Waals surface area (Å²) in [5, 5.41) is 18.7. The number of nitrogens with one attached hydrogen (secondary N) is 2. The fourth-order valence-corrected chi connectivity index (χ4v) is 2.58. The van der Waals surface area contributed by atoms with Crippen LogP contribution in [0.25, 0.3) is 0 Å². The van der Waals surface area contributed by atoms with Gasteiger partial charge >= 0.3 is 0 Å². The van der Waals surface area contributed by atoms with E-state index in [2.05, 4.69) is 25.7 Å². The third kappa shape index (κ3) is 4.32. The van der Waals surface area contributed by atoms with E-state index in [9.17, 15) is 4.79 Å². The van der Waals surface area contributed by atoms with E-state index >= 15 is 0 Å². The number of carbonyl (C=O) groups is 1. The zero-order valence-corrected chi connectivity index (χ0v) is 13.3. The fraction of sp³-hybridized carbons (Fsp3) is 0.538. The van der Waals surface area contributed by atoms with Gasteiger partial charge in [0.1, 0.15) is 6.33 Å². The summed E-state index contributed by atoms with van der Waals surface area (Å²) in [4.78, 5) is 11.8. The number of carbonyl (C=O) groups excluding carboxylic acids is 1. The van der Waals surface area contributed by atoms with Gasteiger partial charge in [-0.1, -0.05) is 11.8 Å². The summed E-state index contributed by atoms with van der Waals surface area (Å²) in [6.07, 6.45) is 2.79. The first kappa shape index (κ1) is 15.6. The summed E-state index contributed by atoms with van der Waals surface area (Å²) < 4.78 is 1.86. The van der Waals surface area contributed by atoms with E-state index in [0.717, 1.165) is 27.9 Å². The highest BCUT2D eigenvalue weighted by molar-refractivity contribution is 7.99. The SMILES string of the molecule is Cc1[nH]nc(CCC(=O)NCCSc2nncn2C)c1C. The average Bonchev–Trinajstić information content (AvgIpc) is 3.01. The number of thioether (sulfide) groups is 1. The first-order chi connectivity index (χ1) is 10.1. The van der Waals surface area contributed by atoms with E-state index < -0.39 is 0 Å². The topological polar surface area (TPSA) is 88.5 Å². The first-order valence-electron chi connectivity index (χ1n) is 6.82. The summed E-state index contributed by atoms with van der Waals surface area (Å²) in [5.74, 6) is 0.826. The molecule has 2 heterocycles. The normalized spacial score (nSPS) is 10.8. The van der Waals surface area contributed by atoms with Gasteiger partial charge in [-0.05, 0) is 19.4 Å². The van der Waals surface area contributed by atoms with E-state index in [1.54, 1.807) is 18.1 Å². The van der Waals surface area contributed by atoms with Gasteiger partial charge in [-0.15, -0.1) is 10.2 Å². The second kappa shape index (κ2) is 7.26. The molecule has 0 spiro atoms. The molecule has 0 aromatic carbocycles. The molecular weight excluding hydrogens is 288 g/mol. The summed E-state index contributed by atoms with van der Waals surface area (Å²) in [5.41, 5.74) is 3.17. The highest BCUT2D eigenvalue weighted by Gasteiger charge is 2.08. The van der Waals surface area contributed by atoms with Gasteiger partial charge in [0.2, 0.25) is 5.91 Å². The molecule has 2 aromatic rings. The Hall–Kier alpha value is -1.83. The smallest absolute Gasteiger partial charge is 0.220 e. The van der Waals surface area contributed by atoms with Crippen LogP contribution in [-0.4, -0.2) is 43.2 Å². The third-order valence-corrected chi connectivity index (χ3v) is 4.30. The summed E-state index contributed by atoms with van der Waals surface area (Å²) >= 11 is 1.57. The lowest BCUT2D eigenvalue weighted by atomic mass is 10.1. The van der Waals surface area contributed by atoms with Crippen LogP contribution >= 0.6 is 11.8 Å². The van der Waals surface area contributed by atoms with Gasteiger partial charge in [-0.2, -0.15) is 5.10 Å². The molecule has 0 fully saturated rings. The Balaban J connectivity index is 1.64. The number of hydrogen-bond donors (Lipinski definition) is 2. The molecule has 0 saturated heterocycles. The van der Waals surface area contributed by atoms with Gasteiger partial charge in [-0.25, -0.2) is 0 Å². The molecule has 0 aliphatic heterocycles. The molecule has 1 amide bonds. The molecular formula is C13H20N6OS. The van der Waals surface area contributed by atoms with Crippen LogP contribution in [0.3, 0.4) is 0 Å². The Bertz CT molecular complexity index is 606. The Morgan fingerprint density at radius 1 is 1.48 bits per heavy atom. The molecule has 21 heavy (non-hydrogen) atoms. The van der Waals surface area contributed by atoms with Crippen LogP contribution in [-0.2, 0) is 18.3 Å². The molecule has 8 heteroatoms. The van der Waals surface area contributed by atoms with Crippen LogP contribution in [0.4, 0.5) is 0 Å². The van der Waals surface area contributed by atoms with Crippen molar-refractivity contribution in [1.82, 2.24) is 30.3 Å². The molecule has 114 valence electrons. The van der Waals surface area contributed by atoms with Crippen molar-refractivity contribution in [3.63, 3.8) is 0 Å². The standard InChI is InChI=1S/C13H20N6OS/c1-9-10(2)16-17-11(9)4-5-12(20)14-6-7-21-13-18-15-8-19(13)3/h8H,4-7H2,1-3H3,(H,14,20)(H,16,17). The second-order valence-electron chi connectivity index (χ2n) is 4.84. The highest BCUT2D eigenvalue weighted by Crippen LogP contribution is 2.12. The molecule has 0 bridgehead atoms. The van der Waals surface area contributed by atoms with E-state index in [4.69, 9.17) is 0 Å². The Labute approximate surface area is 127 Å². The van der Waals surface area contributed by atoms with Crippen molar-refractivity contribution >= 4 is 17.7 Å². The number of nitrogens with zero attached hydrogens (tertiary/aromatic N) is 4. The van der Waals surface area contributed by atoms with Crippen LogP contribution in [0.15, 0.2) is 11.5 Å². The van der Waals surface area contributed by atoms with Crippen molar-refractivity contribution in [2.75, 3.05) is 12.3 Å². The van der Waals surface area contributed by atoms with Crippen LogP contribution in [0.2, 0.25) is 0 Å². The lowest BCUT2D eigenvalue weighted by molar-refractivity contribution is -0.120. The monoisotopic (exact) mass is 308 g/mol. The molecule has 2 aromatic heterocycles. The zero-order valence-electron chi connectivity index (χ0n) is 12.5. The van der Waals surface area contributed by atoms with E-state index in [1.165, 1.54) is 0 Å². The summed E-state index contributed by atoms with van der Waals surface area (Å²) in [7, 11) is 1.90. The van der Waals surface area contributed by atoms with Crippen LogP contribution < -0.4 is 5.32 Å². The van der Waals surface area contributed by atoms with Crippen molar-refractivity contribution in [3.8, 4) is 0 Å².